The second kappa shape index (κ2) is 10.2. The van der Waals surface area contributed by atoms with Crippen LogP contribution in [-0.2, 0) is 24.5 Å². The summed E-state index contributed by atoms with van der Waals surface area (Å²) >= 11 is 0. The van der Waals surface area contributed by atoms with Gasteiger partial charge >= 0.3 is 11.0 Å². The van der Waals surface area contributed by atoms with Crippen LogP contribution < -0.4 is 5.32 Å². The number of hydrogen-bond acceptors (Lipinski definition) is 6. The van der Waals surface area contributed by atoms with E-state index in [0.717, 1.165) is 26.4 Å². The average Bonchev–Trinajstić information content (AvgIpc) is 2.60. The standard InChI is InChI=1S/C12H16F7NO5S2.CH4O/c13-8(9(21)20-6-7-4-2-1-3-5-7)10(26(22,23)11(14,15)16)27(24,25)12(17,18)19;1-2/h7-8,10H,1-6H2,(H,20,21);2H,1H3. The number of carbonyl (C=O) groups is 1. The van der Waals surface area contributed by atoms with E-state index in [-0.39, 0.29) is 12.5 Å². The van der Waals surface area contributed by atoms with Gasteiger partial charge < -0.3 is 10.4 Å². The molecule has 29 heavy (non-hydrogen) atoms. The molecule has 0 aliphatic heterocycles. The molecule has 1 amide bonds. The topological polar surface area (TPSA) is 118 Å². The highest BCUT2D eigenvalue weighted by Crippen LogP contribution is 2.38. The monoisotopic (exact) mass is 483 g/mol. The maximum Gasteiger partial charge on any atom is 0.498 e. The van der Waals surface area contributed by atoms with Crippen LogP contribution in [0.1, 0.15) is 32.1 Å². The Balaban J connectivity index is 0.00000379. The maximum atomic E-state index is 14.1. The van der Waals surface area contributed by atoms with Crippen molar-refractivity contribution in [2.24, 2.45) is 5.92 Å². The first-order chi connectivity index (χ1) is 13.0. The van der Waals surface area contributed by atoms with E-state index in [9.17, 15) is 52.4 Å². The fraction of sp³-hybridized carbons (Fsp3) is 0.923. The summed E-state index contributed by atoms with van der Waals surface area (Å²) < 4.78 is 130. The molecule has 0 aromatic heterocycles. The molecule has 1 saturated carbocycles. The summed E-state index contributed by atoms with van der Waals surface area (Å²) in [4.78, 5) is 11.6. The van der Waals surface area contributed by atoms with Crippen molar-refractivity contribution in [2.75, 3.05) is 13.7 Å². The lowest BCUT2D eigenvalue weighted by Gasteiger charge is -2.25. The van der Waals surface area contributed by atoms with Gasteiger partial charge in [0.05, 0.1) is 0 Å². The Bertz CT molecular complexity index is 699. The van der Waals surface area contributed by atoms with E-state index in [4.69, 9.17) is 5.11 Å². The van der Waals surface area contributed by atoms with Crippen molar-refractivity contribution in [3.05, 3.63) is 0 Å². The molecule has 0 spiro atoms. The summed E-state index contributed by atoms with van der Waals surface area (Å²) in [6.45, 7) is -0.329. The van der Waals surface area contributed by atoms with Crippen molar-refractivity contribution in [3.63, 3.8) is 0 Å². The van der Waals surface area contributed by atoms with Crippen LogP contribution in [-0.4, -0.2) is 63.3 Å². The average molecular weight is 483 g/mol. The number of hydrogen-bond donors (Lipinski definition) is 2. The number of nitrogens with one attached hydrogen (secondary N) is 1. The predicted octanol–water partition coefficient (Wildman–Crippen LogP) is 1.82. The molecule has 0 radical (unpaired) electrons. The molecular weight excluding hydrogens is 463 g/mol. The van der Waals surface area contributed by atoms with Crippen molar-refractivity contribution in [1.29, 1.82) is 0 Å². The van der Waals surface area contributed by atoms with Gasteiger partial charge in [-0.25, -0.2) is 21.2 Å². The quantitative estimate of drug-likeness (QED) is 0.557. The van der Waals surface area contributed by atoms with Crippen LogP contribution in [0.3, 0.4) is 0 Å². The van der Waals surface area contributed by atoms with Crippen molar-refractivity contribution in [3.8, 4) is 0 Å². The number of alkyl halides is 7. The van der Waals surface area contributed by atoms with Gasteiger partial charge in [0.2, 0.25) is 10.8 Å². The number of rotatable bonds is 6. The van der Waals surface area contributed by atoms with Crippen molar-refractivity contribution < 1.29 is 57.5 Å². The van der Waals surface area contributed by atoms with Crippen molar-refractivity contribution in [2.45, 2.75) is 53.9 Å². The molecule has 0 aromatic rings. The van der Waals surface area contributed by atoms with Crippen LogP contribution >= 0.6 is 0 Å². The first-order valence-corrected chi connectivity index (χ1v) is 11.1. The largest absolute Gasteiger partial charge is 0.498 e. The molecule has 1 atom stereocenters. The number of carbonyl (C=O) groups excluding carboxylic acids is 1. The second-order valence-corrected chi connectivity index (χ2v) is 10.4. The normalized spacial score (nSPS) is 18.0. The van der Waals surface area contributed by atoms with E-state index in [1.807, 2.05) is 0 Å². The van der Waals surface area contributed by atoms with Crippen LogP contribution in [0, 0.1) is 5.92 Å². The van der Waals surface area contributed by atoms with Crippen LogP contribution in [0.2, 0.25) is 0 Å². The summed E-state index contributed by atoms with van der Waals surface area (Å²) in [5.74, 6) is -2.40. The maximum absolute atomic E-state index is 14.1. The van der Waals surface area contributed by atoms with E-state index in [0.29, 0.717) is 12.8 Å². The lowest BCUT2D eigenvalue weighted by Crippen LogP contribution is -2.54. The molecule has 1 aliphatic rings. The van der Waals surface area contributed by atoms with Gasteiger partial charge in [0.25, 0.3) is 25.6 Å². The second-order valence-electron chi connectivity index (χ2n) is 6.00. The van der Waals surface area contributed by atoms with Gasteiger partial charge in [0.15, 0.2) is 0 Å². The SMILES string of the molecule is CO.O=C(NCC1CCCCC1)C(F)C(S(=O)(=O)C(F)(F)F)S(=O)(=O)C(F)(F)F. The zero-order valence-corrected chi connectivity index (χ0v) is 16.6. The minimum atomic E-state index is -7.21. The predicted molar refractivity (Wildman–Crippen MR) is 86.4 cm³/mol. The van der Waals surface area contributed by atoms with E-state index < -0.39 is 47.4 Å². The molecule has 1 fully saturated rings. The smallest absolute Gasteiger partial charge is 0.400 e. The van der Waals surface area contributed by atoms with E-state index in [1.54, 1.807) is 5.32 Å². The highest BCUT2D eigenvalue weighted by atomic mass is 32.3. The van der Waals surface area contributed by atoms with Crippen LogP contribution in [0.4, 0.5) is 30.7 Å². The lowest BCUT2D eigenvalue weighted by molar-refractivity contribution is -0.125. The molecule has 174 valence electrons. The molecule has 1 rings (SSSR count). The van der Waals surface area contributed by atoms with Crippen LogP contribution in [0.5, 0.6) is 0 Å². The highest BCUT2D eigenvalue weighted by molar-refractivity contribution is 8.10. The minimum Gasteiger partial charge on any atom is -0.400 e. The zero-order chi connectivity index (χ0) is 23.3. The number of aliphatic hydroxyl groups excluding tert-OH is 1. The molecule has 0 aromatic carbocycles. The molecule has 1 unspecified atom stereocenters. The zero-order valence-electron chi connectivity index (χ0n) is 14.9. The first kappa shape index (κ1) is 27.8. The third kappa shape index (κ3) is 6.67. The Morgan fingerprint density at radius 1 is 0.931 bits per heavy atom. The molecule has 1 aliphatic carbocycles. The van der Waals surface area contributed by atoms with Gasteiger partial charge in [-0.05, 0) is 18.8 Å². The summed E-state index contributed by atoms with van der Waals surface area (Å²) in [5.41, 5.74) is -13.0. The highest BCUT2D eigenvalue weighted by Gasteiger charge is 2.66. The third-order valence-corrected chi connectivity index (χ3v) is 8.55. The Labute approximate surface area is 162 Å². The summed E-state index contributed by atoms with van der Waals surface area (Å²) in [5, 5.41) is 8.70. The molecule has 2 N–H and O–H groups in total. The number of sulfone groups is 2. The molecule has 0 heterocycles. The van der Waals surface area contributed by atoms with Crippen LogP contribution in [0.25, 0.3) is 0 Å². The lowest BCUT2D eigenvalue weighted by atomic mass is 9.89. The van der Waals surface area contributed by atoms with Crippen LogP contribution in [0.15, 0.2) is 0 Å². The Kier molecular flexibility index (Phi) is 9.83. The molecule has 16 heteroatoms. The van der Waals surface area contributed by atoms with E-state index in [1.165, 1.54) is 0 Å². The number of amides is 1. The van der Waals surface area contributed by atoms with Crippen molar-refractivity contribution in [1.82, 2.24) is 5.32 Å². The first-order valence-electron chi connectivity index (χ1n) is 8.00. The van der Waals surface area contributed by atoms with Gasteiger partial charge in [-0.2, -0.15) is 26.3 Å². The summed E-state index contributed by atoms with van der Waals surface area (Å²) in [6.07, 6.45) is -0.636. The molecular formula is C13H20F7NO6S2. The molecule has 0 saturated heterocycles. The molecule has 0 bridgehead atoms. The number of halogens is 7. The Hall–Kier alpha value is -1.16. The number of aliphatic hydroxyl groups is 1. The van der Waals surface area contributed by atoms with Gasteiger partial charge in [-0.15, -0.1) is 0 Å². The molecule has 7 nitrogen and oxygen atoms in total. The third-order valence-electron chi connectivity index (χ3n) is 4.04. The van der Waals surface area contributed by atoms with Crippen molar-refractivity contribution >= 4 is 25.6 Å². The minimum absolute atomic E-state index is 0.230. The fourth-order valence-corrected chi connectivity index (χ4v) is 5.99. The Morgan fingerprint density at radius 3 is 1.66 bits per heavy atom. The summed E-state index contributed by atoms with van der Waals surface area (Å²) in [6, 6.07) is 0. The Morgan fingerprint density at radius 2 is 1.31 bits per heavy atom. The van der Waals surface area contributed by atoms with Gasteiger partial charge in [-0.3, -0.25) is 4.79 Å². The fourth-order valence-electron chi connectivity index (χ4n) is 2.60. The van der Waals surface area contributed by atoms with E-state index in [2.05, 4.69) is 0 Å². The van der Waals surface area contributed by atoms with Gasteiger partial charge in [-0.1, -0.05) is 19.3 Å². The van der Waals surface area contributed by atoms with Gasteiger partial charge in [0, 0.05) is 13.7 Å². The summed E-state index contributed by atoms with van der Waals surface area (Å²) in [7, 11) is -13.4. The van der Waals surface area contributed by atoms with Gasteiger partial charge in [0.1, 0.15) is 0 Å². The van der Waals surface area contributed by atoms with E-state index >= 15 is 0 Å².